The fourth-order valence-corrected chi connectivity index (χ4v) is 7.86. The van der Waals surface area contributed by atoms with E-state index in [-0.39, 0.29) is 6.61 Å². The molecule has 0 bridgehead atoms. The first kappa shape index (κ1) is 45.9. The molecule has 288 valence electrons. The Balaban J connectivity index is 2.06. The van der Waals surface area contributed by atoms with Gasteiger partial charge in [0.05, 0.1) is 13.2 Å². The Hall–Kier alpha value is -0.0900. The molecule has 1 rings (SSSR count). The number of ether oxygens (including phenoxy) is 1. The topological polar surface area (TPSA) is 146 Å². The molecule has 0 spiro atoms. The van der Waals surface area contributed by atoms with Crippen molar-refractivity contribution in [2.45, 2.75) is 201 Å². The summed E-state index contributed by atoms with van der Waals surface area (Å²) in [6.07, 6.45) is 17.6. The molecule has 10 heteroatoms. The van der Waals surface area contributed by atoms with Gasteiger partial charge in [0.1, 0.15) is 24.4 Å². The molecule has 0 aromatic rings. The molecule has 5 N–H and O–H groups in total. The molecule has 0 aliphatic carbocycles. The molecule has 1 fully saturated rings. The molecule has 0 aromatic heterocycles. The SMILES string of the molecule is CCCCCCC[C@H](C)CCCC(C)CCCC(C)CCC[C@H](C)CCC[C@H](C)CCCOP(=O)(O)O[C@@H]1O[C@H](CO)[C@@H](O)[C@H](O)[C@@H]1O. The Morgan fingerprint density at radius 3 is 1.40 bits per heavy atom. The first-order valence-electron chi connectivity index (χ1n) is 19.8. The lowest BCUT2D eigenvalue weighted by molar-refractivity contribution is -0.281. The van der Waals surface area contributed by atoms with Crippen molar-refractivity contribution >= 4 is 7.82 Å². The highest BCUT2D eigenvalue weighted by molar-refractivity contribution is 7.47. The lowest BCUT2D eigenvalue weighted by atomic mass is 9.89. The minimum absolute atomic E-state index is 0.00161. The van der Waals surface area contributed by atoms with Gasteiger partial charge in [-0.15, -0.1) is 0 Å². The molecule has 0 aromatic carbocycles. The van der Waals surface area contributed by atoms with Crippen molar-refractivity contribution in [3.63, 3.8) is 0 Å². The first-order valence-corrected chi connectivity index (χ1v) is 21.2. The van der Waals surface area contributed by atoms with Crippen LogP contribution in [0.4, 0.5) is 0 Å². The van der Waals surface area contributed by atoms with Crippen molar-refractivity contribution in [1.29, 1.82) is 0 Å². The Morgan fingerprint density at radius 1 is 0.583 bits per heavy atom. The average molecular weight is 709 g/mol. The van der Waals surface area contributed by atoms with Gasteiger partial charge < -0.3 is 30.1 Å². The lowest BCUT2D eigenvalue weighted by Crippen LogP contribution is -2.58. The summed E-state index contributed by atoms with van der Waals surface area (Å²) in [5.74, 6) is 3.77. The van der Waals surface area contributed by atoms with E-state index in [0.29, 0.717) is 12.3 Å². The summed E-state index contributed by atoms with van der Waals surface area (Å²) in [4.78, 5) is 10.0. The molecule has 9 nitrogen and oxygen atoms in total. The highest BCUT2D eigenvalue weighted by Crippen LogP contribution is 2.46. The second-order valence-corrected chi connectivity index (χ2v) is 17.1. The lowest BCUT2D eigenvalue weighted by Gasteiger charge is -2.39. The zero-order chi connectivity index (χ0) is 36.0. The third-order valence-electron chi connectivity index (χ3n) is 10.6. The van der Waals surface area contributed by atoms with Crippen LogP contribution in [0.25, 0.3) is 0 Å². The van der Waals surface area contributed by atoms with Gasteiger partial charge in [0.15, 0.2) is 6.29 Å². The van der Waals surface area contributed by atoms with Gasteiger partial charge in [-0.05, 0) is 42.4 Å². The van der Waals surface area contributed by atoms with Gasteiger partial charge >= 0.3 is 7.82 Å². The summed E-state index contributed by atoms with van der Waals surface area (Å²) >= 11 is 0. The Labute approximate surface area is 294 Å². The maximum atomic E-state index is 12.3. The number of aliphatic hydroxyl groups is 4. The number of rotatable bonds is 30. The summed E-state index contributed by atoms with van der Waals surface area (Å²) in [6, 6.07) is 0. The quantitative estimate of drug-likeness (QED) is 0.0365. The maximum Gasteiger partial charge on any atom is 0.474 e. The number of hydrogen-bond donors (Lipinski definition) is 5. The first-order chi connectivity index (χ1) is 22.8. The van der Waals surface area contributed by atoms with Gasteiger partial charge in [0.25, 0.3) is 0 Å². The molecule has 0 radical (unpaired) electrons. The van der Waals surface area contributed by atoms with Crippen molar-refractivity contribution in [3.8, 4) is 0 Å². The van der Waals surface area contributed by atoms with Crippen LogP contribution in [0.15, 0.2) is 0 Å². The highest BCUT2D eigenvalue weighted by atomic mass is 31.2. The molecule has 1 heterocycles. The Bertz CT molecular complexity index is 815. The molecule has 11 atom stereocenters. The van der Waals surface area contributed by atoms with E-state index in [1.54, 1.807) is 0 Å². The number of phosphoric acid groups is 1. The monoisotopic (exact) mass is 709 g/mol. The second kappa shape index (κ2) is 26.7. The molecule has 0 amide bonds. The summed E-state index contributed by atoms with van der Waals surface area (Å²) in [6.45, 7) is 13.5. The maximum absolute atomic E-state index is 12.3. The number of hydrogen-bond acceptors (Lipinski definition) is 8. The third-order valence-corrected chi connectivity index (χ3v) is 11.5. The van der Waals surface area contributed by atoms with E-state index in [1.165, 1.54) is 109 Å². The van der Waals surface area contributed by atoms with E-state index in [0.717, 1.165) is 36.5 Å². The van der Waals surface area contributed by atoms with E-state index < -0.39 is 45.1 Å². The zero-order valence-electron chi connectivity index (χ0n) is 31.6. The van der Waals surface area contributed by atoms with E-state index >= 15 is 0 Å². The molecule has 3 unspecified atom stereocenters. The van der Waals surface area contributed by atoms with Gasteiger partial charge in [-0.1, -0.05) is 157 Å². The van der Waals surface area contributed by atoms with Crippen molar-refractivity contribution in [1.82, 2.24) is 0 Å². The van der Waals surface area contributed by atoms with Crippen LogP contribution in [0.2, 0.25) is 0 Å². The fourth-order valence-electron chi connectivity index (χ4n) is 7.00. The normalized spacial score (nSPS) is 26.1. The van der Waals surface area contributed by atoms with Gasteiger partial charge in [0, 0.05) is 0 Å². The second-order valence-electron chi connectivity index (χ2n) is 15.7. The number of unbranched alkanes of at least 4 members (excludes halogenated alkanes) is 4. The van der Waals surface area contributed by atoms with E-state index in [4.69, 9.17) is 13.8 Å². The van der Waals surface area contributed by atoms with Crippen LogP contribution >= 0.6 is 7.82 Å². The van der Waals surface area contributed by atoms with Gasteiger partial charge in [-0.3, -0.25) is 9.05 Å². The number of aliphatic hydroxyl groups excluding tert-OH is 4. The van der Waals surface area contributed by atoms with Crippen LogP contribution in [0.1, 0.15) is 170 Å². The summed E-state index contributed by atoms with van der Waals surface area (Å²) in [5, 5.41) is 38.9. The van der Waals surface area contributed by atoms with E-state index in [9.17, 15) is 29.9 Å². The Morgan fingerprint density at radius 2 is 0.979 bits per heavy atom. The molecule has 1 aliphatic heterocycles. The van der Waals surface area contributed by atoms with E-state index in [1.807, 2.05) is 0 Å². The van der Waals surface area contributed by atoms with Crippen molar-refractivity contribution in [2.24, 2.45) is 29.6 Å². The standard InChI is InChI=1S/C38H77O9P/c1-7-8-9-10-11-17-29(2)18-12-19-30(3)20-13-21-31(4)22-14-23-32(5)24-15-25-33(6)26-16-27-45-48(43,44)47-38-37(42)36(41)35(40)34(28-39)46-38/h29-42H,7-28H2,1-6H3,(H,43,44)/t29-,30?,31?,32-,33-,34+,35+,36-,37-,38-/m0/s1. The van der Waals surface area contributed by atoms with Crippen LogP contribution < -0.4 is 0 Å². The minimum atomic E-state index is -4.58. The molecule has 48 heavy (non-hydrogen) atoms. The largest absolute Gasteiger partial charge is 0.474 e. The summed E-state index contributed by atoms with van der Waals surface area (Å²) in [5.41, 5.74) is 0. The predicted octanol–water partition coefficient (Wildman–Crippen LogP) is 8.92. The molecular weight excluding hydrogens is 631 g/mol. The molecule has 1 saturated heterocycles. The highest BCUT2D eigenvalue weighted by Gasteiger charge is 2.46. The minimum Gasteiger partial charge on any atom is -0.394 e. The van der Waals surface area contributed by atoms with Crippen molar-refractivity contribution in [2.75, 3.05) is 13.2 Å². The predicted molar refractivity (Wildman–Crippen MR) is 194 cm³/mol. The van der Waals surface area contributed by atoms with Crippen LogP contribution in [-0.4, -0.2) is 69.2 Å². The smallest absolute Gasteiger partial charge is 0.394 e. The van der Waals surface area contributed by atoms with E-state index in [2.05, 4.69) is 41.5 Å². The van der Waals surface area contributed by atoms with Crippen molar-refractivity contribution in [3.05, 3.63) is 0 Å². The third kappa shape index (κ3) is 21.3. The van der Waals surface area contributed by atoms with Gasteiger partial charge in [-0.25, -0.2) is 4.57 Å². The van der Waals surface area contributed by atoms with Gasteiger partial charge in [-0.2, -0.15) is 0 Å². The fraction of sp³-hybridized carbons (Fsp3) is 1.00. The van der Waals surface area contributed by atoms with Crippen molar-refractivity contribution < 1.29 is 43.7 Å². The van der Waals surface area contributed by atoms with Gasteiger partial charge in [0.2, 0.25) is 0 Å². The summed E-state index contributed by atoms with van der Waals surface area (Å²) < 4.78 is 27.4. The Kier molecular flexibility index (Phi) is 25.5. The molecular formula is C38H77O9P. The average Bonchev–Trinajstić information content (AvgIpc) is 3.03. The van der Waals surface area contributed by atoms with Crippen LogP contribution in [0.3, 0.4) is 0 Å². The zero-order valence-corrected chi connectivity index (χ0v) is 32.5. The number of phosphoric ester groups is 1. The molecule has 0 saturated carbocycles. The van der Waals surface area contributed by atoms with Crippen LogP contribution in [-0.2, 0) is 18.3 Å². The van der Waals surface area contributed by atoms with Crippen LogP contribution in [0, 0.1) is 29.6 Å². The summed E-state index contributed by atoms with van der Waals surface area (Å²) in [7, 11) is -4.58. The van der Waals surface area contributed by atoms with Crippen LogP contribution in [0.5, 0.6) is 0 Å². The molecule has 1 aliphatic rings.